The van der Waals surface area contributed by atoms with Crippen LogP contribution in [0, 0.1) is 23.0 Å². The van der Waals surface area contributed by atoms with E-state index in [1.54, 1.807) is 6.20 Å². The lowest BCUT2D eigenvalue weighted by atomic mass is 10.1. The maximum atomic E-state index is 13.6. The molecule has 4 heterocycles. The van der Waals surface area contributed by atoms with Crippen LogP contribution in [0.5, 0.6) is 5.75 Å². The fourth-order valence-electron chi connectivity index (χ4n) is 7.04. The third-order valence-corrected chi connectivity index (χ3v) is 15.7. The third kappa shape index (κ3) is 21.9. The van der Waals surface area contributed by atoms with Gasteiger partial charge in [-0.05, 0) is 11.6 Å². The van der Waals surface area contributed by atoms with E-state index in [1.807, 2.05) is 10.2 Å². The number of fused-ring (bicyclic) bond motifs is 1. The van der Waals surface area contributed by atoms with Crippen LogP contribution in [0.15, 0.2) is 35.3 Å². The molecule has 0 aliphatic carbocycles. The lowest BCUT2D eigenvalue weighted by Gasteiger charge is -2.39. The first-order chi connectivity index (χ1) is 37.6. The summed E-state index contributed by atoms with van der Waals surface area (Å²) in [4.78, 5) is 32.5. The average molecular weight is 1180 g/mol. The number of anilines is 1. The quantitative estimate of drug-likeness (QED) is 0.0135. The number of benzene rings is 1. The molecule has 2 fully saturated rings. The van der Waals surface area contributed by atoms with Crippen molar-refractivity contribution in [2.75, 3.05) is 164 Å². The number of rotatable bonds is 42. The summed E-state index contributed by atoms with van der Waals surface area (Å²) in [7, 11) is -6.32. The molecule has 0 amide bonds. The van der Waals surface area contributed by atoms with Crippen LogP contribution in [0.4, 0.5) is 19.0 Å². The van der Waals surface area contributed by atoms with Crippen LogP contribution in [-0.2, 0) is 74.9 Å². The van der Waals surface area contributed by atoms with Gasteiger partial charge in [0, 0.05) is 39.4 Å². The molecule has 2 aliphatic rings. The molecule has 440 valence electrons. The van der Waals surface area contributed by atoms with Gasteiger partial charge in [-0.1, -0.05) is 0 Å². The zero-order valence-electron chi connectivity index (χ0n) is 42.9. The average Bonchev–Trinajstić information content (AvgIpc) is 3.98. The first kappa shape index (κ1) is 65.1. The smallest absolute Gasteiger partial charge is 0.342 e. The van der Waals surface area contributed by atoms with Gasteiger partial charge in [-0.3, -0.25) is 13.9 Å². The first-order valence-corrected chi connectivity index (χ1v) is 28.3. The molecule has 3 aromatic rings. The molecule has 1 aromatic carbocycles. The highest BCUT2D eigenvalue weighted by Gasteiger charge is 2.47. The fourth-order valence-corrected chi connectivity index (χ4v) is 10.7. The molecule has 6 N–H and O–H groups in total. The van der Waals surface area contributed by atoms with Crippen molar-refractivity contribution >= 4 is 49.6 Å². The lowest BCUT2D eigenvalue weighted by Crippen LogP contribution is -2.79. The van der Waals surface area contributed by atoms with E-state index in [2.05, 4.69) is 24.9 Å². The predicted molar refractivity (Wildman–Crippen MR) is 264 cm³/mol. The number of ether oxygens (including phenoxy) is 11. The van der Waals surface area contributed by atoms with Gasteiger partial charge in [0.2, 0.25) is 11.0 Å². The van der Waals surface area contributed by atoms with Crippen molar-refractivity contribution in [3.63, 3.8) is 0 Å². The molecule has 0 radical (unpaired) electrons. The van der Waals surface area contributed by atoms with Gasteiger partial charge in [0.15, 0.2) is 29.4 Å². The van der Waals surface area contributed by atoms with Crippen LogP contribution in [-0.4, -0.2) is 224 Å². The van der Waals surface area contributed by atoms with E-state index in [-0.39, 0.29) is 49.9 Å². The van der Waals surface area contributed by atoms with Crippen molar-refractivity contribution in [3.8, 4) is 5.75 Å². The second-order valence-electron chi connectivity index (χ2n) is 16.7. The summed E-state index contributed by atoms with van der Waals surface area (Å²) in [5.41, 5.74) is 8.02. The SMILES string of the molecule is COP(=O)(CP(=O)(O)OC[C@H]1O[C@@H](n2ncc3c(N4CC(OCCOCCOCCOCCOC/C(=C/[NH2+]CCOCCOCCOCCOCCC(=O)Oc5c(F)cc(F)cc5F)N=N)C4)nc(Cl)nc32)[C@H](O)[C@@H]1O)OC. The molecule has 34 heteroatoms. The Bertz CT molecular complexity index is 2410. The number of hydrogen-bond acceptors (Lipinski definition) is 25. The van der Waals surface area contributed by atoms with Crippen molar-refractivity contribution in [1.82, 2.24) is 19.7 Å². The highest BCUT2D eigenvalue weighted by Crippen LogP contribution is 2.60. The van der Waals surface area contributed by atoms with Crippen LogP contribution < -0.4 is 15.0 Å². The Balaban J connectivity index is 0.791. The Morgan fingerprint density at radius 1 is 0.833 bits per heavy atom. The Kier molecular flexibility index (Phi) is 28.8. The predicted octanol–water partition coefficient (Wildman–Crippen LogP) is 1.93. The zero-order chi connectivity index (χ0) is 56.3. The summed E-state index contributed by atoms with van der Waals surface area (Å²) < 4.78 is 141. The van der Waals surface area contributed by atoms with Crippen molar-refractivity contribution in [2.45, 2.75) is 37.1 Å². The molecule has 2 saturated heterocycles. The summed E-state index contributed by atoms with van der Waals surface area (Å²) in [6, 6.07) is 0.825. The van der Waals surface area contributed by atoms with Gasteiger partial charge < -0.3 is 91.0 Å². The summed E-state index contributed by atoms with van der Waals surface area (Å²) in [5, 5.41) is 31.5. The van der Waals surface area contributed by atoms with Gasteiger partial charge >= 0.3 is 21.2 Å². The maximum absolute atomic E-state index is 13.6. The molecule has 0 bridgehead atoms. The summed E-state index contributed by atoms with van der Waals surface area (Å²) in [6.45, 7) is 5.96. The second kappa shape index (κ2) is 34.5. The molecule has 1 unspecified atom stereocenters. The van der Waals surface area contributed by atoms with Gasteiger partial charge in [-0.2, -0.15) is 20.2 Å². The number of carbonyl (C=O) groups excluding carboxylic acids is 1. The van der Waals surface area contributed by atoms with Gasteiger partial charge in [-0.25, -0.2) is 23.4 Å². The topological polar surface area (TPSA) is 341 Å². The number of nitrogens with zero attached hydrogens (tertiary/aromatic N) is 6. The van der Waals surface area contributed by atoms with Gasteiger partial charge in [-0.15, -0.1) is 0 Å². The summed E-state index contributed by atoms with van der Waals surface area (Å²) in [6.07, 6.45) is -2.89. The number of aliphatic hydroxyl groups excluding tert-OH is 2. The van der Waals surface area contributed by atoms with Crippen molar-refractivity contribution in [2.24, 2.45) is 5.11 Å². The van der Waals surface area contributed by atoms with Crippen LogP contribution >= 0.6 is 26.8 Å². The van der Waals surface area contributed by atoms with E-state index in [1.165, 1.54) is 10.9 Å². The highest BCUT2D eigenvalue weighted by atomic mass is 35.5. The number of esters is 1. The van der Waals surface area contributed by atoms with Crippen molar-refractivity contribution < 1.29 is 113 Å². The molecule has 5 atom stereocenters. The Morgan fingerprint density at radius 2 is 1.38 bits per heavy atom. The Hall–Kier alpha value is -3.76. The number of nitrogens with one attached hydrogen (secondary N) is 1. The minimum Gasteiger partial charge on any atom is -0.420 e. The van der Waals surface area contributed by atoms with E-state index < -0.39 is 81.4 Å². The molecule has 0 saturated carbocycles. The number of nitrogens with two attached hydrogens (primary N) is 1. The minimum absolute atomic E-state index is 0.0639. The van der Waals surface area contributed by atoms with Crippen LogP contribution in [0.1, 0.15) is 12.6 Å². The van der Waals surface area contributed by atoms with Gasteiger partial charge in [0.05, 0.1) is 143 Å². The number of carbonyl (C=O) groups is 1. The zero-order valence-corrected chi connectivity index (χ0v) is 45.5. The molecule has 78 heavy (non-hydrogen) atoms. The summed E-state index contributed by atoms with van der Waals surface area (Å²) >= 11 is 6.30. The third-order valence-electron chi connectivity index (χ3n) is 11.1. The monoisotopic (exact) mass is 1180 g/mol. The maximum Gasteiger partial charge on any atom is 0.342 e. The van der Waals surface area contributed by atoms with Gasteiger partial charge in [0.1, 0.15) is 48.4 Å². The van der Waals surface area contributed by atoms with Crippen LogP contribution in [0.2, 0.25) is 5.28 Å². The van der Waals surface area contributed by atoms with Crippen LogP contribution in [0.3, 0.4) is 0 Å². The normalized spacial score (nSPS) is 18.9. The molecular formula is C44H67ClF3N8O20P2+. The number of halogens is 4. The van der Waals surface area contributed by atoms with Crippen LogP contribution in [0.25, 0.3) is 11.0 Å². The van der Waals surface area contributed by atoms with Crippen molar-refractivity contribution in [1.29, 1.82) is 5.53 Å². The first-order valence-electron chi connectivity index (χ1n) is 24.4. The Labute approximate surface area is 451 Å². The highest BCUT2D eigenvalue weighted by molar-refractivity contribution is 7.70. The molecule has 0 spiro atoms. The number of quaternary nitrogens is 1. The molecule has 5 rings (SSSR count). The molecule has 2 aromatic heterocycles. The molecule has 28 nitrogen and oxygen atoms in total. The largest absolute Gasteiger partial charge is 0.420 e. The standard InChI is InChI=1S/C44H66ClF3N8O20P2/c1-63-78(62,64-2)29-77(60,61)74-28-36-38(58)39(59)43(75-36)56-42-33(24-51-56)41(52-44(45)53-42)55-25-32(26-55)73-20-19-71-16-15-69-13-14-70-17-18-72-27-31(54-49)23-50-4-6-66-8-10-68-12-11-67-9-7-65-5-3-37(57)76-40-34(47)21-30(46)22-35(40)48/h21-24,32,36,38-39,43,49-50,58-59H,3-20,25-29H2,1-2H3,(H,60,61)/p+1/b31-23-,54-49?/t36-,38-,39-,43-/m1/s1. The van der Waals surface area contributed by atoms with E-state index in [9.17, 15) is 42.2 Å². The van der Waals surface area contributed by atoms with E-state index in [0.717, 1.165) is 14.2 Å². The lowest BCUT2D eigenvalue weighted by molar-refractivity contribution is -0.591. The fraction of sp³-hybridized carbons (Fsp3) is 0.682. The Morgan fingerprint density at radius 3 is 1.96 bits per heavy atom. The van der Waals surface area contributed by atoms with Crippen molar-refractivity contribution in [3.05, 3.63) is 53.0 Å². The molecular weight excluding hydrogens is 1110 g/mol. The number of aliphatic hydroxyl groups is 2. The second-order valence-corrected chi connectivity index (χ2v) is 21.6. The van der Waals surface area contributed by atoms with E-state index in [0.29, 0.717) is 135 Å². The number of aromatic nitrogens is 4. The molecule has 2 aliphatic heterocycles. The van der Waals surface area contributed by atoms with E-state index in [4.69, 9.17) is 78.1 Å². The summed E-state index contributed by atoms with van der Waals surface area (Å²) in [5.74, 6) is -6.13. The van der Waals surface area contributed by atoms with Gasteiger partial charge in [0.25, 0.3) is 0 Å². The minimum atomic E-state index is -4.53. The number of hydrogen-bond donors (Lipinski definition) is 5. The van der Waals surface area contributed by atoms with E-state index >= 15 is 0 Å².